The van der Waals surface area contributed by atoms with Gasteiger partial charge in [-0.3, -0.25) is 9.78 Å². The van der Waals surface area contributed by atoms with Crippen LogP contribution in [0.5, 0.6) is 11.5 Å². The number of hydrogen-bond donors (Lipinski definition) is 1. The Labute approximate surface area is 204 Å². The fourth-order valence-electron chi connectivity index (χ4n) is 5.61. The molecule has 5 heteroatoms. The first-order valence-electron chi connectivity index (χ1n) is 11.9. The molecule has 0 fully saturated rings. The smallest absolute Gasteiger partial charge is 0.162 e. The van der Waals surface area contributed by atoms with E-state index in [4.69, 9.17) is 9.47 Å². The number of hydrogen-bond acceptors (Lipinski definition) is 5. The van der Waals surface area contributed by atoms with Crippen LogP contribution in [0.1, 0.15) is 41.4 Å². The van der Waals surface area contributed by atoms with Crippen molar-refractivity contribution in [2.24, 2.45) is 0 Å². The molecule has 174 valence electrons. The number of pyridine rings is 1. The maximum atomic E-state index is 13.9. The molecule has 5 nitrogen and oxygen atoms in total. The van der Waals surface area contributed by atoms with Crippen LogP contribution in [-0.2, 0) is 4.79 Å². The summed E-state index contributed by atoms with van der Waals surface area (Å²) in [6.45, 7) is 0. The lowest BCUT2D eigenvalue weighted by Crippen LogP contribution is -2.30. The molecule has 0 saturated heterocycles. The number of Topliss-reactive ketones (excluding diaryl/α,β-unsaturated/α-hetero) is 1. The second-order valence-corrected chi connectivity index (χ2v) is 9.10. The van der Waals surface area contributed by atoms with Gasteiger partial charge in [-0.2, -0.15) is 0 Å². The molecule has 35 heavy (non-hydrogen) atoms. The van der Waals surface area contributed by atoms with Gasteiger partial charge < -0.3 is 14.8 Å². The highest BCUT2D eigenvalue weighted by Gasteiger charge is 2.39. The maximum absolute atomic E-state index is 13.9. The standard InChI is InChI=1S/C30H26N2O3/c1-34-26-13-10-19(17-27(26)35-2)28-29-21-9-6-14-31-22(21)11-12-23(29)32-24-15-20(16-25(33)30(24)28)18-7-4-3-5-8-18/h3-14,17,20,28,32H,15-16H2,1-2H3/t20-,28+/m0/s1. The van der Waals surface area contributed by atoms with E-state index in [1.165, 1.54) is 5.56 Å². The topological polar surface area (TPSA) is 60.5 Å². The van der Waals surface area contributed by atoms with Gasteiger partial charge in [0, 0.05) is 40.9 Å². The molecule has 2 heterocycles. The van der Waals surface area contributed by atoms with Gasteiger partial charge in [-0.25, -0.2) is 0 Å². The highest BCUT2D eigenvalue weighted by Crippen LogP contribution is 2.50. The summed E-state index contributed by atoms with van der Waals surface area (Å²) in [5.41, 5.74) is 7.05. The molecule has 0 radical (unpaired) electrons. The zero-order valence-electron chi connectivity index (χ0n) is 19.7. The predicted octanol–water partition coefficient (Wildman–Crippen LogP) is 6.21. The van der Waals surface area contributed by atoms with Crippen LogP contribution >= 0.6 is 0 Å². The van der Waals surface area contributed by atoms with Crippen molar-refractivity contribution in [1.82, 2.24) is 4.98 Å². The Morgan fingerprint density at radius 1 is 0.857 bits per heavy atom. The largest absolute Gasteiger partial charge is 0.493 e. The van der Waals surface area contributed by atoms with Crippen molar-refractivity contribution in [2.75, 3.05) is 19.5 Å². The first-order chi connectivity index (χ1) is 17.2. The van der Waals surface area contributed by atoms with Crippen LogP contribution in [0.4, 0.5) is 5.69 Å². The quantitative estimate of drug-likeness (QED) is 0.391. The molecule has 0 saturated carbocycles. The van der Waals surface area contributed by atoms with E-state index in [0.717, 1.165) is 45.4 Å². The minimum Gasteiger partial charge on any atom is -0.493 e. The van der Waals surface area contributed by atoms with E-state index in [0.29, 0.717) is 17.9 Å². The Kier molecular flexibility index (Phi) is 5.25. The molecule has 0 bridgehead atoms. The van der Waals surface area contributed by atoms with E-state index in [2.05, 4.69) is 34.6 Å². The number of nitrogens with one attached hydrogen (secondary N) is 1. The van der Waals surface area contributed by atoms with E-state index < -0.39 is 0 Å². The second-order valence-electron chi connectivity index (χ2n) is 9.10. The molecule has 1 aromatic heterocycles. The van der Waals surface area contributed by atoms with Crippen LogP contribution in [0.3, 0.4) is 0 Å². The van der Waals surface area contributed by atoms with Gasteiger partial charge in [-0.05, 0) is 59.4 Å². The second kappa shape index (κ2) is 8.58. The van der Waals surface area contributed by atoms with Crippen molar-refractivity contribution in [2.45, 2.75) is 24.7 Å². The molecule has 2 aliphatic rings. The van der Waals surface area contributed by atoms with E-state index >= 15 is 0 Å². The van der Waals surface area contributed by atoms with Crippen LogP contribution < -0.4 is 14.8 Å². The first kappa shape index (κ1) is 21.4. The molecular formula is C30H26N2O3. The van der Waals surface area contributed by atoms with Gasteiger partial charge >= 0.3 is 0 Å². The first-order valence-corrected chi connectivity index (χ1v) is 11.9. The van der Waals surface area contributed by atoms with E-state index in [1.807, 2.05) is 48.5 Å². The number of benzene rings is 3. The summed E-state index contributed by atoms with van der Waals surface area (Å²) in [5.74, 6) is 1.43. The summed E-state index contributed by atoms with van der Waals surface area (Å²) < 4.78 is 11.1. The van der Waals surface area contributed by atoms with Gasteiger partial charge in [0.15, 0.2) is 17.3 Å². The summed E-state index contributed by atoms with van der Waals surface area (Å²) in [5, 5.41) is 4.69. The molecule has 0 unspecified atom stereocenters. The third-order valence-corrected chi connectivity index (χ3v) is 7.21. The van der Waals surface area contributed by atoms with E-state index in [9.17, 15) is 4.79 Å². The number of ketones is 1. The number of anilines is 1. The molecule has 1 aliphatic carbocycles. The van der Waals surface area contributed by atoms with Crippen LogP contribution in [0.2, 0.25) is 0 Å². The van der Waals surface area contributed by atoms with Crippen molar-refractivity contribution in [3.63, 3.8) is 0 Å². The Morgan fingerprint density at radius 2 is 1.69 bits per heavy atom. The highest BCUT2D eigenvalue weighted by molar-refractivity contribution is 6.04. The molecule has 0 spiro atoms. The highest BCUT2D eigenvalue weighted by atomic mass is 16.5. The molecular weight excluding hydrogens is 436 g/mol. The number of allylic oxidation sites excluding steroid dienone is 2. The zero-order valence-corrected chi connectivity index (χ0v) is 19.7. The van der Waals surface area contributed by atoms with Gasteiger partial charge in [0.1, 0.15) is 0 Å². The van der Waals surface area contributed by atoms with Gasteiger partial charge in [0.25, 0.3) is 0 Å². The summed E-state index contributed by atoms with van der Waals surface area (Å²) in [6.07, 6.45) is 3.09. The lowest BCUT2D eigenvalue weighted by atomic mass is 9.71. The molecule has 2 atom stereocenters. The van der Waals surface area contributed by atoms with E-state index in [-0.39, 0.29) is 17.6 Å². The van der Waals surface area contributed by atoms with Gasteiger partial charge in [0.05, 0.1) is 19.7 Å². The van der Waals surface area contributed by atoms with Crippen molar-refractivity contribution in [3.8, 4) is 11.5 Å². The molecule has 1 aliphatic heterocycles. The number of carbonyl (C=O) groups excluding carboxylic acids is 1. The fraction of sp³-hybridized carbons (Fsp3) is 0.200. The Bertz CT molecular complexity index is 1480. The number of aromatic nitrogens is 1. The summed E-state index contributed by atoms with van der Waals surface area (Å²) in [6, 6.07) is 24.4. The summed E-state index contributed by atoms with van der Waals surface area (Å²) in [7, 11) is 3.27. The molecule has 4 aromatic rings. The van der Waals surface area contributed by atoms with Gasteiger partial charge in [-0.1, -0.05) is 42.5 Å². The number of fused-ring (bicyclic) bond motifs is 3. The zero-order chi connectivity index (χ0) is 23.9. The third-order valence-electron chi connectivity index (χ3n) is 7.21. The van der Waals surface area contributed by atoms with Crippen molar-refractivity contribution < 1.29 is 14.3 Å². The molecule has 1 N–H and O–H groups in total. The number of rotatable bonds is 4. The minimum atomic E-state index is -0.224. The maximum Gasteiger partial charge on any atom is 0.162 e. The number of nitrogens with zero attached hydrogens (tertiary/aromatic N) is 1. The molecule has 0 amide bonds. The normalized spacial score (nSPS) is 19.1. The van der Waals surface area contributed by atoms with Crippen molar-refractivity contribution >= 4 is 22.4 Å². The van der Waals surface area contributed by atoms with E-state index in [1.54, 1.807) is 20.4 Å². The lowest BCUT2D eigenvalue weighted by molar-refractivity contribution is -0.116. The van der Waals surface area contributed by atoms with Crippen molar-refractivity contribution in [1.29, 1.82) is 0 Å². The molecule has 6 rings (SSSR count). The summed E-state index contributed by atoms with van der Waals surface area (Å²) >= 11 is 0. The number of methoxy groups -OCH3 is 2. The Hall–Kier alpha value is -4.12. The molecule has 3 aromatic carbocycles. The lowest BCUT2D eigenvalue weighted by Gasteiger charge is -2.37. The monoisotopic (exact) mass is 462 g/mol. The average molecular weight is 463 g/mol. The van der Waals surface area contributed by atoms with Crippen molar-refractivity contribution in [3.05, 3.63) is 107 Å². The van der Waals surface area contributed by atoms with Crippen LogP contribution in [0, 0.1) is 0 Å². The summed E-state index contributed by atoms with van der Waals surface area (Å²) in [4.78, 5) is 18.4. The SMILES string of the molecule is COc1ccc([C@H]2C3=C(C[C@H](c4ccccc4)CC3=O)Nc3ccc4ncccc4c32)cc1OC. The number of ether oxygens (including phenoxy) is 2. The fourth-order valence-corrected chi connectivity index (χ4v) is 5.61. The minimum absolute atomic E-state index is 0.157. The van der Waals surface area contributed by atoms with Crippen LogP contribution in [0.25, 0.3) is 10.9 Å². The van der Waals surface area contributed by atoms with Gasteiger partial charge in [0.2, 0.25) is 0 Å². The van der Waals surface area contributed by atoms with Crippen LogP contribution in [-0.4, -0.2) is 25.0 Å². The Morgan fingerprint density at radius 3 is 2.49 bits per heavy atom. The Balaban J connectivity index is 1.56. The van der Waals surface area contributed by atoms with Gasteiger partial charge in [-0.15, -0.1) is 0 Å². The average Bonchev–Trinajstić information content (AvgIpc) is 2.91. The van der Waals surface area contributed by atoms with Crippen LogP contribution in [0.15, 0.2) is 90.3 Å². The number of carbonyl (C=O) groups is 1. The third kappa shape index (κ3) is 3.55. The predicted molar refractivity (Wildman–Crippen MR) is 137 cm³/mol.